The summed E-state index contributed by atoms with van der Waals surface area (Å²) in [7, 11) is 6.67. The molecule has 15 nitrogen and oxygen atoms in total. The number of halogens is 1. The molecule has 2 fully saturated rings. The number of ether oxygens (including phenoxy) is 5. The number of hydrogen-bond acceptors (Lipinski definition) is 14. The molecule has 0 bridgehead atoms. The number of aliphatic hydroxyl groups excluding tert-OH is 2. The van der Waals surface area contributed by atoms with Gasteiger partial charge in [-0.1, -0.05) is 33.8 Å². The predicted molar refractivity (Wildman–Crippen MR) is 226 cm³/mol. The molecule has 0 amide bonds. The van der Waals surface area contributed by atoms with Crippen LogP contribution in [0.1, 0.15) is 80.6 Å². The van der Waals surface area contributed by atoms with Gasteiger partial charge in [0.05, 0.1) is 42.6 Å². The Bertz CT molecular complexity index is 1760. The molecule has 2 aliphatic rings. The average molecular weight is 860 g/mol. The van der Waals surface area contributed by atoms with E-state index in [9.17, 15) is 29.0 Å². The van der Waals surface area contributed by atoms with Crippen LogP contribution in [0.2, 0.25) is 0 Å². The number of unbranched alkanes of at least 4 members (excludes halogenated alkanes) is 1. The van der Waals surface area contributed by atoms with Crippen molar-refractivity contribution in [3.05, 3.63) is 49.5 Å². The van der Waals surface area contributed by atoms with Crippen molar-refractivity contribution in [2.75, 3.05) is 41.6 Å². The first-order chi connectivity index (χ1) is 28.8. The van der Waals surface area contributed by atoms with Gasteiger partial charge in [-0.3, -0.25) is 19.3 Å². The summed E-state index contributed by atoms with van der Waals surface area (Å²) in [5.41, 5.74) is -1.47. The second-order valence-corrected chi connectivity index (χ2v) is 17.4. The summed E-state index contributed by atoms with van der Waals surface area (Å²) in [5, 5.41) is 22.6. The van der Waals surface area contributed by atoms with Crippen LogP contribution in [0.15, 0.2) is 43.5 Å². The molecule has 61 heavy (non-hydrogen) atoms. The van der Waals surface area contributed by atoms with Crippen molar-refractivity contribution in [1.82, 2.24) is 24.3 Å². The Morgan fingerprint density at radius 1 is 1.05 bits per heavy atom. The summed E-state index contributed by atoms with van der Waals surface area (Å²) in [4.78, 5) is 55.3. The number of methoxy groups -OCH3 is 2. The molecule has 4 rings (SSSR count). The van der Waals surface area contributed by atoms with Crippen LogP contribution in [0.5, 0.6) is 0 Å². The highest BCUT2D eigenvalue weighted by Crippen LogP contribution is 2.40. The molecule has 2 aromatic heterocycles. The summed E-state index contributed by atoms with van der Waals surface area (Å²) in [6.45, 7) is 16.8. The number of Topliss-reactive ketones (excluding diaryl/α,β-unsaturated/α-hetero) is 2. The van der Waals surface area contributed by atoms with Gasteiger partial charge in [-0.15, -0.1) is 6.58 Å². The minimum Gasteiger partial charge on any atom is -0.458 e. The first-order valence-electron chi connectivity index (χ1n) is 21.5. The van der Waals surface area contributed by atoms with Crippen LogP contribution in [0, 0.1) is 29.6 Å². The maximum atomic E-state index is 14.9. The summed E-state index contributed by atoms with van der Waals surface area (Å²) in [6, 6.07) is 1.72. The Labute approximate surface area is 360 Å². The lowest BCUT2D eigenvalue weighted by Gasteiger charge is -2.50. The molecule has 2 N–H and O–H groups in total. The Balaban J connectivity index is 1.70. The molecule has 0 aromatic carbocycles. The van der Waals surface area contributed by atoms with Crippen molar-refractivity contribution in [2.45, 2.75) is 141 Å². The quantitative estimate of drug-likeness (QED) is 0.0631. The van der Waals surface area contributed by atoms with Crippen LogP contribution in [0.25, 0.3) is 11.3 Å². The minimum atomic E-state index is -1.51. The number of hydrogen-bond donors (Lipinski definition) is 2. The Morgan fingerprint density at radius 3 is 2.33 bits per heavy atom. The molecule has 13 atom stereocenters. The molecule has 0 radical (unpaired) electrons. The zero-order chi connectivity index (χ0) is 45.4. The van der Waals surface area contributed by atoms with Crippen molar-refractivity contribution in [3.8, 4) is 11.3 Å². The third-order valence-corrected chi connectivity index (χ3v) is 13.0. The maximum absolute atomic E-state index is 14.9. The molecule has 0 saturated carbocycles. The average Bonchev–Trinajstić information content (AvgIpc) is 3.72. The van der Waals surface area contributed by atoms with Gasteiger partial charge in [0.25, 0.3) is 0 Å². The highest BCUT2D eigenvalue weighted by Gasteiger charge is 2.54. The van der Waals surface area contributed by atoms with Gasteiger partial charge in [0.15, 0.2) is 12.1 Å². The number of rotatable bonds is 15. The second-order valence-electron chi connectivity index (χ2n) is 17.4. The van der Waals surface area contributed by atoms with E-state index in [2.05, 4.69) is 16.5 Å². The van der Waals surface area contributed by atoms with E-state index in [1.807, 2.05) is 43.6 Å². The van der Waals surface area contributed by atoms with Crippen LogP contribution in [0.4, 0.5) is 4.39 Å². The summed E-state index contributed by atoms with van der Waals surface area (Å²) in [5.74, 6) is -5.76. The Kier molecular flexibility index (Phi) is 17.9. The fraction of sp³-hybridized carbons (Fsp3) is 0.711. The van der Waals surface area contributed by atoms with Gasteiger partial charge in [0.2, 0.25) is 5.95 Å². The number of aliphatic hydroxyl groups is 2. The minimum absolute atomic E-state index is 0.0985. The Morgan fingerprint density at radius 2 is 1.75 bits per heavy atom. The van der Waals surface area contributed by atoms with Crippen molar-refractivity contribution in [1.29, 1.82) is 0 Å². The summed E-state index contributed by atoms with van der Waals surface area (Å²) in [6.07, 6.45) is 4.08. The summed E-state index contributed by atoms with van der Waals surface area (Å²) >= 11 is 0. The van der Waals surface area contributed by atoms with Gasteiger partial charge in [-0.2, -0.15) is 4.39 Å². The van der Waals surface area contributed by atoms with E-state index in [0.717, 1.165) is 0 Å². The van der Waals surface area contributed by atoms with Gasteiger partial charge < -0.3 is 43.4 Å². The number of carbonyl (C=O) groups excluding carboxylic acids is 3. The molecule has 2 aliphatic heterocycles. The molecule has 342 valence electrons. The molecular formula is C45H70FN5O10. The van der Waals surface area contributed by atoms with Crippen molar-refractivity contribution in [2.24, 2.45) is 23.7 Å². The molecule has 2 saturated heterocycles. The van der Waals surface area contributed by atoms with Crippen molar-refractivity contribution >= 4 is 17.5 Å². The number of aromatic nitrogens is 3. The monoisotopic (exact) mass is 860 g/mol. The Hall–Kier alpha value is -3.48. The molecular weight excluding hydrogens is 790 g/mol. The van der Waals surface area contributed by atoms with Crippen LogP contribution in [0.3, 0.4) is 0 Å². The highest BCUT2D eigenvalue weighted by atomic mass is 19.1. The van der Waals surface area contributed by atoms with E-state index in [0.29, 0.717) is 43.6 Å². The number of ketones is 2. The molecule has 0 spiro atoms. The van der Waals surface area contributed by atoms with E-state index in [1.165, 1.54) is 39.5 Å². The van der Waals surface area contributed by atoms with Crippen molar-refractivity contribution in [3.63, 3.8) is 0 Å². The van der Waals surface area contributed by atoms with E-state index in [4.69, 9.17) is 23.7 Å². The maximum Gasteiger partial charge on any atom is 0.316 e. The molecule has 4 heterocycles. The van der Waals surface area contributed by atoms with Crippen LogP contribution >= 0.6 is 0 Å². The van der Waals surface area contributed by atoms with Gasteiger partial charge in [0.1, 0.15) is 29.5 Å². The molecule has 1 unspecified atom stereocenters. The number of likely N-dealkylation sites (N-methyl/N-ethyl adjacent to an activating group) is 1. The zero-order valence-electron chi connectivity index (χ0n) is 38.0. The van der Waals surface area contributed by atoms with Gasteiger partial charge in [-0.05, 0) is 79.1 Å². The van der Waals surface area contributed by atoms with Crippen LogP contribution in [-0.4, -0.2) is 148 Å². The summed E-state index contributed by atoms with van der Waals surface area (Å²) < 4.78 is 46.8. The smallest absolute Gasteiger partial charge is 0.316 e. The van der Waals surface area contributed by atoms with Crippen LogP contribution < -0.4 is 0 Å². The van der Waals surface area contributed by atoms with Crippen LogP contribution in [-0.2, 0) is 44.6 Å². The number of imidazole rings is 1. The fourth-order valence-electron chi connectivity index (χ4n) is 9.45. The lowest BCUT2D eigenvalue weighted by molar-refractivity contribution is -0.295. The second kappa shape index (κ2) is 21.7. The normalized spacial score (nSPS) is 34.7. The van der Waals surface area contributed by atoms with Gasteiger partial charge in [-0.25, -0.2) is 9.97 Å². The lowest BCUT2D eigenvalue weighted by atomic mass is 9.72. The van der Waals surface area contributed by atoms with E-state index in [-0.39, 0.29) is 30.8 Å². The number of esters is 1. The van der Waals surface area contributed by atoms with Crippen molar-refractivity contribution < 1.29 is 52.7 Å². The number of carbonyl (C=O) groups is 3. The molecule has 0 aliphatic carbocycles. The largest absolute Gasteiger partial charge is 0.458 e. The lowest BCUT2D eigenvalue weighted by Crippen LogP contribution is -2.64. The standard InChI is InChI=1S/C45H70FN5O10/c1-13-35-45(14-2,58-12)40(51(26-52)20-16-15-19-50-24-33(48-25-50)32-17-18-36(46)47-23-32)29(5)37(53)27(3)22-44(8,57-11)41(30(6)38(54)31(7)42(56)60-35)61-43-39(55)34(49(9)10)21-28(4)59-43/h14,17-18,23-25,27-31,34-35,39-41,43,52,55H,2,13,15-16,19-22,26H2,1,3-12H3/t27-,28-,29+,30+,31-,34+,35-,39-,40-,41-,43?,44+,45-/m1/s1. The zero-order valence-corrected chi connectivity index (χ0v) is 38.0. The number of aryl methyl sites for hydroxylation is 1. The van der Waals surface area contributed by atoms with E-state index < -0.39 is 89.9 Å². The third-order valence-electron chi connectivity index (χ3n) is 13.0. The van der Waals surface area contributed by atoms with E-state index in [1.54, 1.807) is 45.0 Å². The number of cyclic esters (lactones) is 1. The molecule has 16 heteroatoms. The first kappa shape index (κ1) is 50.2. The number of nitrogens with zero attached hydrogens (tertiary/aromatic N) is 5. The third kappa shape index (κ3) is 11.2. The molecule has 2 aromatic rings. The SMILES string of the molecule is C=C[C@@]1(OC)[C@@H](CC)OC(=O)[C@H](C)C(=O)[C@H](C)[C@@H](OC2O[C@H](C)C[C@H](N(C)C)[C@H]2O)[C@@](C)(OC)C[C@@H](C)C(=O)[C@H](C)[C@H]1N(CO)CCCCn1cnc(-c2ccc(F)nc2)c1. The van der Waals surface area contributed by atoms with Gasteiger partial charge in [0, 0.05) is 69.1 Å². The number of pyridine rings is 1. The topological polar surface area (TPSA) is 175 Å². The first-order valence-corrected chi connectivity index (χ1v) is 21.5. The van der Waals surface area contributed by atoms with E-state index >= 15 is 0 Å². The fourth-order valence-corrected chi connectivity index (χ4v) is 9.45. The highest BCUT2D eigenvalue weighted by molar-refractivity contribution is 6.00. The predicted octanol–water partition coefficient (Wildman–Crippen LogP) is 4.68. The van der Waals surface area contributed by atoms with Gasteiger partial charge >= 0.3 is 5.97 Å².